The average molecular weight is 441 g/mol. The molecular weight excluding hydrogens is 427 g/mol. The molecule has 0 radical (unpaired) electrons. The van der Waals surface area contributed by atoms with E-state index in [0.717, 1.165) is 4.88 Å². The minimum Gasteiger partial charge on any atom is -0.326 e. The Kier molecular flexibility index (Phi) is 6.64. The third-order valence-electron chi connectivity index (χ3n) is 3.68. The molecule has 1 aliphatic heterocycles. The number of benzene rings is 1. The summed E-state index contributed by atoms with van der Waals surface area (Å²) < 4.78 is 13.6. The van der Waals surface area contributed by atoms with Crippen LogP contribution in [0.25, 0.3) is 6.08 Å². The van der Waals surface area contributed by atoms with Crippen molar-refractivity contribution in [3.63, 3.8) is 0 Å². The van der Waals surface area contributed by atoms with E-state index in [2.05, 4.69) is 5.32 Å². The van der Waals surface area contributed by atoms with Gasteiger partial charge in [-0.3, -0.25) is 14.5 Å². The first-order valence-electron chi connectivity index (χ1n) is 7.98. The highest BCUT2D eigenvalue weighted by molar-refractivity contribution is 8.26. The molecule has 0 saturated carbocycles. The second-order valence-electron chi connectivity index (χ2n) is 5.63. The molecule has 27 heavy (non-hydrogen) atoms. The summed E-state index contributed by atoms with van der Waals surface area (Å²) in [6.45, 7) is 0.365. The zero-order valence-electron chi connectivity index (χ0n) is 13.9. The van der Waals surface area contributed by atoms with Crippen LogP contribution < -0.4 is 5.32 Å². The van der Waals surface area contributed by atoms with E-state index in [1.54, 1.807) is 11.3 Å². The van der Waals surface area contributed by atoms with Gasteiger partial charge in [0.15, 0.2) is 0 Å². The lowest BCUT2D eigenvalue weighted by Gasteiger charge is -2.14. The summed E-state index contributed by atoms with van der Waals surface area (Å²) in [5.74, 6) is -0.916. The van der Waals surface area contributed by atoms with E-state index in [0.29, 0.717) is 27.9 Å². The SMILES string of the molecule is O=C(CCCN1C(=O)/C(=C/c2cccs2)SC1=S)Nc1ccc(F)c(Cl)c1. The molecule has 0 atom stereocenters. The number of anilines is 1. The van der Waals surface area contributed by atoms with Gasteiger partial charge in [-0.25, -0.2) is 4.39 Å². The maximum absolute atomic E-state index is 13.1. The second kappa shape index (κ2) is 8.97. The number of carbonyl (C=O) groups excluding carboxylic acids is 2. The molecule has 0 bridgehead atoms. The predicted molar refractivity (Wildman–Crippen MR) is 113 cm³/mol. The summed E-state index contributed by atoms with van der Waals surface area (Å²) in [5, 5.41) is 4.55. The summed E-state index contributed by atoms with van der Waals surface area (Å²) in [4.78, 5) is 27.6. The van der Waals surface area contributed by atoms with E-state index in [4.69, 9.17) is 23.8 Å². The fourth-order valence-electron chi connectivity index (χ4n) is 2.39. The molecule has 3 rings (SSSR count). The molecule has 1 N–H and O–H groups in total. The number of hydrogen-bond acceptors (Lipinski definition) is 5. The van der Waals surface area contributed by atoms with Gasteiger partial charge in [-0.2, -0.15) is 0 Å². The molecule has 1 aromatic carbocycles. The normalized spacial score (nSPS) is 15.6. The average Bonchev–Trinajstić information content (AvgIpc) is 3.22. The van der Waals surface area contributed by atoms with Crippen molar-refractivity contribution in [3.05, 3.63) is 56.3 Å². The first kappa shape index (κ1) is 20.0. The van der Waals surface area contributed by atoms with Gasteiger partial charge >= 0.3 is 0 Å². The number of nitrogens with one attached hydrogen (secondary N) is 1. The molecule has 0 aliphatic carbocycles. The van der Waals surface area contributed by atoms with Crippen LogP contribution in [0.1, 0.15) is 17.7 Å². The van der Waals surface area contributed by atoms with Gasteiger partial charge in [0.25, 0.3) is 5.91 Å². The van der Waals surface area contributed by atoms with E-state index in [-0.39, 0.29) is 23.3 Å². The van der Waals surface area contributed by atoms with Crippen LogP contribution in [-0.4, -0.2) is 27.6 Å². The first-order valence-corrected chi connectivity index (χ1v) is 10.5. The number of carbonyl (C=O) groups is 2. The Labute approximate surface area is 174 Å². The smallest absolute Gasteiger partial charge is 0.266 e. The maximum Gasteiger partial charge on any atom is 0.266 e. The highest BCUT2D eigenvalue weighted by Crippen LogP contribution is 2.33. The van der Waals surface area contributed by atoms with Crippen molar-refractivity contribution >= 4 is 74.8 Å². The molecule has 2 aromatic rings. The number of thiocarbonyl (C=S) groups is 1. The molecule has 140 valence electrons. The maximum atomic E-state index is 13.1. The Hall–Kier alpha value is -1.74. The van der Waals surface area contributed by atoms with Crippen molar-refractivity contribution in [3.8, 4) is 0 Å². The fourth-order valence-corrected chi connectivity index (χ4v) is 4.60. The third-order valence-corrected chi connectivity index (χ3v) is 6.17. The lowest BCUT2D eigenvalue weighted by atomic mass is 10.2. The van der Waals surface area contributed by atoms with E-state index in [1.165, 1.54) is 34.9 Å². The molecule has 2 heterocycles. The lowest BCUT2D eigenvalue weighted by Crippen LogP contribution is -2.29. The van der Waals surface area contributed by atoms with Gasteiger partial charge in [0.05, 0.1) is 9.93 Å². The quantitative estimate of drug-likeness (QED) is 0.498. The molecular formula is C18H14ClFN2O2S3. The number of thioether (sulfide) groups is 1. The van der Waals surface area contributed by atoms with Crippen LogP contribution in [0.4, 0.5) is 10.1 Å². The van der Waals surface area contributed by atoms with Crippen molar-refractivity contribution in [2.24, 2.45) is 0 Å². The van der Waals surface area contributed by atoms with E-state index >= 15 is 0 Å². The van der Waals surface area contributed by atoms with Crippen LogP contribution in [0, 0.1) is 5.82 Å². The van der Waals surface area contributed by atoms with Gasteiger partial charge < -0.3 is 5.32 Å². The minimum atomic E-state index is -0.542. The van der Waals surface area contributed by atoms with Crippen molar-refractivity contribution in [2.75, 3.05) is 11.9 Å². The van der Waals surface area contributed by atoms with Gasteiger partial charge in [-0.15, -0.1) is 11.3 Å². The Morgan fingerprint density at radius 2 is 2.19 bits per heavy atom. The molecule has 0 spiro atoms. The Morgan fingerprint density at radius 3 is 2.89 bits per heavy atom. The molecule has 2 amide bonds. The largest absolute Gasteiger partial charge is 0.326 e. The van der Waals surface area contributed by atoms with Crippen LogP contribution in [0.3, 0.4) is 0 Å². The number of nitrogens with zero attached hydrogens (tertiary/aromatic N) is 1. The molecule has 1 aromatic heterocycles. The molecule has 1 aliphatic rings. The molecule has 1 fully saturated rings. The molecule has 9 heteroatoms. The van der Waals surface area contributed by atoms with E-state index in [9.17, 15) is 14.0 Å². The first-order chi connectivity index (χ1) is 12.9. The van der Waals surface area contributed by atoms with Crippen LogP contribution in [0.2, 0.25) is 5.02 Å². The summed E-state index contributed by atoms with van der Waals surface area (Å²) in [6, 6.07) is 7.84. The highest BCUT2D eigenvalue weighted by atomic mass is 35.5. The van der Waals surface area contributed by atoms with Gasteiger partial charge in [0, 0.05) is 23.5 Å². The molecule has 4 nitrogen and oxygen atoms in total. The van der Waals surface area contributed by atoms with Crippen molar-refractivity contribution in [1.82, 2.24) is 4.90 Å². The summed E-state index contributed by atoms with van der Waals surface area (Å²) in [5.41, 5.74) is 0.427. The zero-order valence-corrected chi connectivity index (χ0v) is 17.1. The predicted octanol–water partition coefficient (Wildman–Crippen LogP) is 5.16. The van der Waals surface area contributed by atoms with Gasteiger partial charge in [0.1, 0.15) is 10.1 Å². The number of amides is 2. The van der Waals surface area contributed by atoms with Crippen molar-refractivity contribution < 1.29 is 14.0 Å². The summed E-state index contributed by atoms with van der Waals surface area (Å²) >= 11 is 13.8. The number of halogens is 2. The van der Waals surface area contributed by atoms with Gasteiger partial charge in [-0.05, 0) is 42.1 Å². The fraction of sp³-hybridized carbons (Fsp3) is 0.167. The second-order valence-corrected chi connectivity index (χ2v) is 8.69. The Bertz CT molecular complexity index is 915. The third kappa shape index (κ3) is 5.16. The lowest BCUT2D eigenvalue weighted by molar-refractivity contribution is -0.122. The summed E-state index contributed by atoms with van der Waals surface area (Å²) in [7, 11) is 0. The van der Waals surface area contributed by atoms with Gasteiger partial charge in [0.2, 0.25) is 5.91 Å². The Balaban J connectivity index is 1.51. The standard InChI is InChI=1S/C18H14ClFN2O2S3/c19-13-9-11(5-6-14(13)20)21-16(23)4-1-7-22-17(24)15(27-18(22)25)10-12-3-2-8-26-12/h2-3,5-6,8-10H,1,4,7H2,(H,21,23)/b15-10-. The molecule has 1 saturated heterocycles. The van der Waals surface area contributed by atoms with E-state index < -0.39 is 5.82 Å². The van der Waals surface area contributed by atoms with Crippen LogP contribution in [-0.2, 0) is 9.59 Å². The topological polar surface area (TPSA) is 49.4 Å². The van der Waals surface area contributed by atoms with Crippen molar-refractivity contribution in [2.45, 2.75) is 12.8 Å². The van der Waals surface area contributed by atoms with Crippen LogP contribution in [0.5, 0.6) is 0 Å². The van der Waals surface area contributed by atoms with Crippen LogP contribution >= 0.6 is 46.9 Å². The summed E-state index contributed by atoms with van der Waals surface area (Å²) in [6.07, 6.45) is 2.49. The van der Waals surface area contributed by atoms with Gasteiger partial charge in [-0.1, -0.05) is 41.6 Å². The number of thiophene rings is 1. The number of hydrogen-bond donors (Lipinski definition) is 1. The zero-order chi connectivity index (χ0) is 19.4. The monoisotopic (exact) mass is 440 g/mol. The minimum absolute atomic E-state index is 0.0529. The van der Waals surface area contributed by atoms with Crippen LogP contribution in [0.15, 0.2) is 40.6 Å². The van der Waals surface area contributed by atoms with Crippen molar-refractivity contribution in [1.29, 1.82) is 0 Å². The highest BCUT2D eigenvalue weighted by Gasteiger charge is 2.31. The number of rotatable bonds is 6. The molecule has 0 unspecified atom stereocenters. The Morgan fingerprint density at radius 1 is 1.37 bits per heavy atom. The van der Waals surface area contributed by atoms with E-state index in [1.807, 2.05) is 23.6 Å².